The second-order valence-electron chi connectivity index (χ2n) is 4.19. The maximum absolute atomic E-state index is 11.8. The van der Waals surface area contributed by atoms with Crippen molar-refractivity contribution in [3.8, 4) is 5.75 Å². The van der Waals surface area contributed by atoms with Crippen LogP contribution in [0.5, 0.6) is 5.75 Å². The smallest absolute Gasteiger partial charge is 0.326 e. The van der Waals surface area contributed by atoms with Gasteiger partial charge in [-0.2, -0.15) is 0 Å². The minimum atomic E-state index is -1.13. The zero-order chi connectivity index (χ0) is 13.9. The number of carbonyl (C=O) groups excluding carboxylic acids is 1. The number of phenolic OH excluding ortho intramolecular Hbond substituents is 1. The SMILES string of the molecule is CC(C)[C@H](NC(=O)c1cc(Cl)ccc1O)C(=O)O. The van der Waals surface area contributed by atoms with Crippen LogP contribution in [0.4, 0.5) is 0 Å². The number of amides is 1. The fourth-order valence-electron chi connectivity index (χ4n) is 1.42. The lowest BCUT2D eigenvalue weighted by Crippen LogP contribution is -2.44. The summed E-state index contributed by atoms with van der Waals surface area (Å²) in [6.45, 7) is 3.35. The van der Waals surface area contributed by atoms with Gasteiger partial charge in [0.1, 0.15) is 11.8 Å². The maximum atomic E-state index is 11.8. The fourth-order valence-corrected chi connectivity index (χ4v) is 1.59. The van der Waals surface area contributed by atoms with Gasteiger partial charge in [-0.3, -0.25) is 4.79 Å². The Kier molecular flexibility index (Phi) is 4.55. The minimum Gasteiger partial charge on any atom is -0.507 e. The monoisotopic (exact) mass is 271 g/mol. The normalized spacial score (nSPS) is 12.2. The zero-order valence-corrected chi connectivity index (χ0v) is 10.7. The third kappa shape index (κ3) is 3.37. The summed E-state index contributed by atoms with van der Waals surface area (Å²) in [6.07, 6.45) is 0. The fraction of sp³-hybridized carbons (Fsp3) is 0.333. The van der Waals surface area contributed by atoms with Crippen LogP contribution in [-0.2, 0) is 4.79 Å². The van der Waals surface area contributed by atoms with Gasteiger partial charge in [-0.05, 0) is 24.1 Å². The van der Waals surface area contributed by atoms with E-state index < -0.39 is 17.9 Å². The Bertz CT molecular complexity index is 473. The number of aliphatic carboxylic acids is 1. The first-order valence-electron chi connectivity index (χ1n) is 5.35. The lowest BCUT2D eigenvalue weighted by atomic mass is 10.0. The van der Waals surface area contributed by atoms with Crippen LogP contribution in [0.1, 0.15) is 24.2 Å². The number of phenols is 1. The van der Waals surface area contributed by atoms with Crippen LogP contribution >= 0.6 is 11.6 Å². The number of carboxylic acids is 1. The minimum absolute atomic E-state index is 0.0469. The summed E-state index contributed by atoms with van der Waals surface area (Å²) < 4.78 is 0. The van der Waals surface area contributed by atoms with Crippen molar-refractivity contribution in [1.82, 2.24) is 5.32 Å². The van der Waals surface area contributed by atoms with E-state index in [4.69, 9.17) is 16.7 Å². The largest absolute Gasteiger partial charge is 0.507 e. The standard InChI is InChI=1S/C12H14ClNO4/c1-6(2)10(12(17)18)14-11(16)8-5-7(13)3-4-9(8)15/h3-6,10,15H,1-2H3,(H,14,16)(H,17,18)/t10-/m0/s1. The lowest BCUT2D eigenvalue weighted by Gasteiger charge is -2.18. The highest BCUT2D eigenvalue weighted by Gasteiger charge is 2.25. The topological polar surface area (TPSA) is 86.6 Å². The number of carboxylic acid groups (broad SMARTS) is 1. The molecule has 0 aromatic heterocycles. The molecule has 3 N–H and O–H groups in total. The Morgan fingerprint density at radius 3 is 2.44 bits per heavy atom. The van der Waals surface area contributed by atoms with Crippen LogP contribution in [0.2, 0.25) is 5.02 Å². The van der Waals surface area contributed by atoms with E-state index >= 15 is 0 Å². The van der Waals surface area contributed by atoms with Gasteiger partial charge < -0.3 is 15.5 Å². The van der Waals surface area contributed by atoms with E-state index in [1.807, 2.05) is 0 Å². The van der Waals surface area contributed by atoms with Crippen molar-refractivity contribution in [3.63, 3.8) is 0 Å². The van der Waals surface area contributed by atoms with Crippen LogP contribution in [0.15, 0.2) is 18.2 Å². The molecule has 0 fully saturated rings. The zero-order valence-electron chi connectivity index (χ0n) is 9.98. The van der Waals surface area contributed by atoms with E-state index in [1.54, 1.807) is 13.8 Å². The van der Waals surface area contributed by atoms with Gasteiger partial charge in [0.15, 0.2) is 0 Å². The van der Waals surface area contributed by atoms with Crippen LogP contribution in [0, 0.1) is 5.92 Å². The quantitative estimate of drug-likeness (QED) is 0.780. The highest BCUT2D eigenvalue weighted by atomic mass is 35.5. The number of nitrogens with one attached hydrogen (secondary N) is 1. The first kappa shape index (κ1) is 14.3. The van der Waals surface area contributed by atoms with Crippen LogP contribution in [0.25, 0.3) is 0 Å². The van der Waals surface area contributed by atoms with Crippen molar-refractivity contribution >= 4 is 23.5 Å². The molecule has 0 bridgehead atoms. The molecule has 0 aliphatic rings. The summed E-state index contributed by atoms with van der Waals surface area (Å²) in [5.41, 5.74) is -0.0469. The van der Waals surface area contributed by atoms with Gasteiger partial charge in [0.05, 0.1) is 5.56 Å². The Morgan fingerprint density at radius 2 is 1.94 bits per heavy atom. The van der Waals surface area contributed by atoms with Crippen LogP contribution in [0.3, 0.4) is 0 Å². The van der Waals surface area contributed by atoms with Crippen molar-refractivity contribution in [1.29, 1.82) is 0 Å². The third-order valence-corrected chi connectivity index (χ3v) is 2.66. The first-order valence-corrected chi connectivity index (χ1v) is 5.73. The third-order valence-electron chi connectivity index (χ3n) is 2.42. The molecule has 0 saturated carbocycles. The van der Waals surface area contributed by atoms with Gasteiger partial charge in [0, 0.05) is 5.02 Å². The molecule has 18 heavy (non-hydrogen) atoms. The Balaban J connectivity index is 2.94. The molecular formula is C12H14ClNO4. The van der Waals surface area contributed by atoms with E-state index in [1.165, 1.54) is 18.2 Å². The lowest BCUT2D eigenvalue weighted by molar-refractivity contribution is -0.140. The average Bonchev–Trinajstić information content (AvgIpc) is 2.28. The van der Waals surface area contributed by atoms with Gasteiger partial charge in [-0.1, -0.05) is 25.4 Å². The second kappa shape index (κ2) is 5.73. The number of hydrogen-bond acceptors (Lipinski definition) is 3. The molecule has 0 aliphatic heterocycles. The summed E-state index contributed by atoms with van der Waals surface area (Å²) in [5, 5.41) is 21.1. The Labute approximate surface area is 109 Å². The molecule has 6 heteroatoms. The number of halogens is 1. The highest BCUT2D eigenvalue weighted by Crippen LogP contribution is 2.21. The van der Waals surface area contributed by atoms with Crippen molar-refractivity contribution < 1.29 is 19.8 Å². The number of carbonyl (C=O) groups is 2. The number of rotatable bonds is 4. The van der Waals surface area contributed by atoms with Crippen LogP contribution in [-0.4, -0.2) is 28.1 Å². The van der Waals surface area contributed by atoms with Crippen molar-refractivity contribution in [2.75, 3.05) is 0 Å². The predicted molar refractivity (Wildman–Crippen MR) is 66.8 cm³/mol. The molecule has 0 heterocycles. The molecule has 98 valence electrons. The van der Waals surface area contributed by atoms with Gasteiger partial charge in [-0.15, -0.1) is 0 Å². The number of aromatic hydroxyl groups is 1. The molecule has 0 aliphatic carbocycles. The molecular weight excluding hydrogens is 258 g/mol. The van der Waals surface area contributed by atoms with Crippen molar-refractivity contribution in [2.45, 2.75) is 19.9 Å². The molecule has 1 rings (SSSR count). The van der Waals surface area contributed by atoms with E-state index in [-0.39, 0.29) is 22.3 Å². The van der Waals surface area contributed by atoms with Gasteiger partial charge in [0.25, 0.3) is 5.91 Å². The van der Waals surface area contributed by atoms with E-state index in [0.29, 0.717) is 0 Å². The van der Waals surface area contributed by atoms with Crippen LogP contribution < -0.4 is 5.32 Å². The Hall–Kier alpha value is -1.75. The van der Waals surface area contributed by atoms with Gasteiger partial charge in [0.2, 0.25) is 0 Å². The summed E-state index contributed by atoms with van der Waals surface area (Å²) in [7, 11) is 0. The summed E-state index contributed by atoms with van der Waals surface area (Å²) in [4.78, 5) is 22.8. The number of hydrogen-bond donors (Lipinski definition) is 3. The van der Waals surface area contributed by atoms with Crippen molar-refractivity contribution in [3.05, 3.63) is 28.8 Å². The molecule has 1 amide bonds. The van der Waals surface area contributed by atoms with E-state index in [0.717, 1.165) is 0 Å². The molecule has 0 radical (unpaired) electrons. The first-order chi connectivity index (χ1) is 8.32. The molecule has 1 aromatic carbocycles. The molecule has 0 spiro atoms. The average molecular weight is 272 g/mol. The van der Waals surface area contributed by atoms with E-state index in [9.17, 15) is 14.7 Å². The maximum Gasteiger partial charge on any atom is 0.326 e. The summed E-state index contributed by atoms with van der Waals surface area (Å²) in [6, 6.07) is 2.98. The van der Waals surface area contributed by atoms with Gasteiger partial charge >= 0.3 is 5.97 Å². The van der Waals surface area contributed by atoms with Gasteiger partial charge in [-0.25, -0.2) is 4.79 Å². The molecule has 1 atom stereocenters. The van der Waals surface area contributed by atoms with E-state index in [2.05, 4.69) is 5.32 Å². The highest BCUT2D eigenvalue weighted by molar-refractivity contribution is 6.31. The molecule has 5 nitrogen and oxygen atoms in total. The van der Waals surface area contributed by atoms with Crippen molar-refractivity contribution in [2.24, 2.45) is 5.92 Å². The molecule has 0 unspecified atom stereocenters. The summed E-state index contributed by atoms with van der Waals surface area (Å²) >= 11 is 5.72. The summed E-state index contributed by atoms with van der Waals surface area (Å²) in [5.74, 6) is -2.31. The predicted octanol–water partition coefficient (Wildman–Crippen LogP) is 1.88. The second-order valence-corrected chi connectivity index (χ2v) is 4.63. The molecule has 0 saturated heterocycles. The number of benzene rings is 1. The molecule has 1 aromatic rings. The Morgan fingerprint density at radius 1 is 1.33 bits per heavy atom.